The van der Waals surface area contributed by atoms with Gasteiger partial charge in [0.2, 0.25) is 5.91 Å². The summed E-state index contributed by atoms with van der Waals surface area (Å²) in [6.07, 6.45) is 0.247. The molecule has 0 aliphatic heterocycles. The molecule has 0 aliphatic carbocycles. The largest absolute Gasteiger partial charge is 0.497 e. The van der Waals surface area contributed by atoms with E-state index in [4.69, 9.17) is 4.74 Å². The van der Waals surface area contributed by atoms with Crippen molar-refractivity contribution in [1.29, 1.82) is 0 Å². The van der Waals surface area contributed by atoms with Gasteiger partial charge in [-0.1, -0.05) is 32.0 Å². The first-order chi connectivity index (χ1) is 12.0. The lowest BCUT2D eigenvalue weighted by Crippen LogP contribution is -2.34. The molecule has 2 N–H and O–H groups in total. The van der Waals surface area contributed by atoms with E-state index in [1.54, 1.807) is 13.2 Å². The van der Waals surface area contributed by atoms with E-state index in [9.17, 15) is 9.59 Å². The first kappa shape index (κ1) is 19.0. The van der Waals surface area contributed by atoms with Crippen molar-refractivity contribution in [3.8, 4) is 5.75 Å². The number of benzene rings is 1. The van der Waals surface area contributed by atoms with E-state index < -0.39 is 0 Å². The maximum Gasteiger partial charge on any atom is 0.261 e. The van der Waals surface area contributed by atoms with Gasteiger partial charge in [0.05, 0.1) is 18.0 Å². The number of carbonyl (C=O) groups excluding carboxylic acids is 2. The molecule has 134 valence electrons. The number of amides is 2. The maximum atomic E-state index is 12.2. The second kappa shape index (κ2) is 9.22. The molecular weight excluding hydrogens is 336 g/mol. The molecule has 25 heavy (non-hydrogen) atoms. The summed E-state index contributed by atoms with van der Waals surface area (Å²) in [5.41, 5.74) is 1.03. The summed E-state index contributed by atoms with van der Waals surface area (Å²) in [7, 11) is 1.63. The normalized spacial score (nSPS) is 11.8. The van der Waals surface area contributed by atoms with Crippen LogP contribution >= 0.6 is 11.3 Å². The van der Waals surface area contributed by atoms with Crippen molar-refractivity contribution in [2.75, 3.05) is 13.7 Å². The zero-order valence-electron chi connectivity index (χ0n) is 14.7. The molecule has 1 aromatic carbocycles. The molecule has 2 rings (SSSR count). The number of carbonyl (C=O) groups is 2. The number of ether oxygens (including phenoxy) is 1. The molecule has 0 saturated heterocycles. The van der Waals surface area contributed by atoms with Crippen molar-refractivity contribution >= 4 is 23.2 Å². The molecule has 0 spiro atoms. The van der Waals surface area contributed by atoms with Crippen LogP contribution in [-0.4, -0.2) is 25.5 Å². The molecule has 2 aromatic rings. The Morgan fingerprint density at radius 2 is 1.88 bits per heavy atom. The first-order valence-electron chi connectivity index (χ1n) is 8.26. The van der Waals surface area contributed by atoms with Crippen molar-refractivity contribution in [2.45, 2.75) is 26.3 Å². The number of rotatable bonds is 8. The Morgan fingerprint density at radius 3 is 2.44 bits per heavy atom. The third-order valence-corrected chi connectivity index (χ3v) is 4.71. The molecule has 1 heterocycles. The molecule has 1 atom stereocenters. The van der Waals surface area contributed by atoms with E-state index in [0.717, 1.165) is 11.3 Å². The standard InChI is InChI=1S/C19H24N2O3S/c1-13(2)18(14-6-8-15(24-3)9-7-14)21-17(22)10-11-20-19(23)16-5-4-12-25-16/h4-9,12-13,18H,10-11H2,1-3H3,(H,20,23)(H,21,22). The van der Waals surface area contributed by atoms with Gasteiger partial charge in [0.15, 0.2) is 0 Å². The van der Waals surface area contributed by atoms with Gasteiger partial charge in [-0.05, 0) is 35.1 Å². The van der Waals surface area contributed by atoms with Gasteiger partial charge < -0.3 is 15.4 Å². The summed E-state index contributed by atoms with van der Waals surface area (Å²) in [6, 6.07) is 11.2. The molecule has 0 saturated carbocycles. The average Bonchev–Trinajstić information content (AvgIpc) is 3.14. The highest BCUT2D eigenvalue weighted by molar-refractivity contribution is 7.12. The summed E-state index contributed by atoms with van der Waals surface area (Å²) in [6.45, 7) is 4.44. The molecule has 1 unspecified atom stereocenters. The summed E-state index contributed by atoms with van der Waals surface area (Å²) >= 11 is 1.38. The number of hydrogen-bond acceptors (Lipinski definition) is 4. The van der Waals surface area contributed by atoms with Crippen molar-refractivity contribution in [1.82, 2.24) is 10.6 Å². The third kappa shape index (κ3) is 5.60. The highest BCUT2D eigenvalue weighted by Crippen LogP contribution is 2.24. The molecular formula is C19H24N2O3S. The lowest BCUT2D eigenvalue weighted by molar-refractivity contribution is -0.122. The van der Waals surface area contributed by atoms with Crippen LogP contribution in [0.4, 0.5) is 0 Å². The molecule has 0 aliphatic rings. The Bertz CT molecular complexity index is 681. The molecule has 1 aromatic heterocycles. The Balaban J connectivity index is 1.86. The number of hydrogen-bond donors (Lipinski definition) is 2. The predicted octanol–water partition coefficient (Wildman–Crippen LogP) is 3.39. The third-order valence-electron chi connectivity index (χ3n) is 3.84. The van der Waals surface area contributed by atoms with Gasteiger partial charge in [0.1, 0.15) is 5.75 Å². The zero-order chi connectivity index (χ0) is 18.2. The fourth-order valence-electron chi connectivity index (χ4n) is 2.48. The Hall–Kier alpha value is -2.34. The smallest absolute Gasteiger partial charge is 0.261 e. The van der Waals surface area contributed by atoms with Crippen molar-refractivity contribution in [2.24, 2.45) is 5.92 Å². The second-order valence-corrected chi connectivity index (χ2v) is 6.99. The number of methoxy groups -OCH3 is 1. The summed E-state index contributed by atoms with van der Waals surface area (Å²) < 4.78 is 5.17. The minimum atomic E-state index is -0.140. The summed E-state index contributed by atoms with van der Waals surface area (Å²) in [5.74, 6) is 0.811. The monoisotopic (exact) mass is 360 g/mol. The quantitative estimate of drug-likeness (QED) is 0.758. The first-order valence-corrected chi connectivity index (χ1v) is 9.14. The van der Waals surface area contributed by atoms with Crippen LogP contribution in [0.1, 0.15) is 41.5 Å². The number of thiophene rings is 1. The van der Waals surface area contributed by atoms with E-state index in [1.165, 1.54) is 11.3 Å². The van der Waals surface area contributed by atoms with Gasteiger partial charge in [-0.3, -0.25) is 9.59 Å². The van der Waals surface area contributed by atoms with E-state index in [2.05, 4.69) is 24.5 Å². The van der Waals surface area contributed by atoms with Crippen LogP contribution in [0.15, 0.2) is 41.8 Å². The highest BCUT2D eigenvalue weighted by atomic mass is 32.1. The maximum absolute atomic E-state index is 12.2. The van der Waals surface area contributed by atoms with Crippen molar-refractivity contribution < 1.29 is 14.3 Å². The lowest BCUT2D eigenvalue weighted by Gasteiger charge is -2.23. The second-order valence-electron chi connectivity index (χ2n) is 6.05. The molecule has 5 nitrogen and oxygen atoms in total. The molecule has 2 amide bonds. The van der Waals surface area contributed by atoms with Gasteiger partial charge in [-0.15, -0.1) is 11.3 Å². The van der Waals surface area contributed by atoms with Crippen molar-refractivity contribution in [3.63, 3.8) is 0 Å². The Kier molecular flexibility index (Phi) is 7.01. The van der Waals surface area contributed by atoms with Crippen LogP contribution in [0.25, 0.3) is 0 Å². The van der Waals surface area contributed by atoms with E-state index in [1.807, 2.05) is 35.7 Å². The minimum Gasteiger partial charge on any atom is -0.497 e. The highest BCUT2D eigenvalue weighted by Gasteiger charge is 2.18. The summed E-state index contributed by atoms with van der Waals surface area (Å²) in [4.78, 5) is 24.7. The van der Waals surface area contributed by atoms with Gasteiger partial charge >= 0.3 is 0 Å². The van der Waals surface area contributed by atoms with Gasteiger partial charge in [-0.2, -0.15) is 0 Å². The fourth-order valence-corrected chi connectivity index (χ4v) is 3.12. The lowest BCUT2D eigenvalue weighted by atomic mass is 9.96. The van der Waals surface area contributed by atoms with E-state index >= 15 is 0 Å². The molecule has 0 fully saturated rings. The Labute approximate surface area is 152 Å². The van der Waals surface area contributed by atoms with Crippen molar-refractivity contribution in [3.05, 3.63) is 52.2 Å². The van der Waals surface area contributed by atoms with Crippen LogP contribution in [0, 0.1) is 5.92 Å². The van der Waals surface area contributed by atoms with Crippen LogP contribution < -0.4 is 15.4 Å². The average molecular weight is 360 g/mol. The molecule has 0 bridgehead atoms. The van der Waals surface area contributed by atoms with Gasteiger partial charge in [0, 0.05) is 13.0 Å². The SMILES string of the molecule is COc1ccc(C(NC(=O)CCNC(=O)c2cccs2)C(C)C)cc1. The van der Waals surface area contributed by atoms with E-state index in [-0.39, 0.29) is 30.2 Å². The van der Waals surface area contributed by atoms with Crippen LogP contribution in [0.3, 0.4) is 0 Å². The topological polar surface area (TPSA) is 67.4 Å². The minimum absolute atomic E-state index is 0.0774. The zero-order valence-corrected chi connectivity index (χ0v) is 15.6. The van der Waals surface area contributed by atoms with Gasteiger partial charge in [-0.25, -0.2) is 0 Å². The van der Waals surface area contributed by atoms with Gasteiger partial charge in [0.25, 0.3) is 5.91 Å². The van der Waals surface area contributed by atoms with E-state index in [0.29, 0.717) is 11.4 Å². The fraction of sp³-hybridized carbons (Fsp3) is 0.368. The molecule has 0 radical (unpaired) electrons. The van der Waals surface area contributed by atoms with Crippen LogP contribution in [-0.2, 0) is 4.79 Å². The van der Waals surface area contributed by atoms with Crippen LogP contribution in [0.2, 0.25) is 0 Å². The number of nitrogens with one attached hydrogen (secondary N) is 2. The van der Waals surface area contributed by atoms with Crippen LogP contribution in [0.5, 0.6) is 5.75 Å². The summed E-state index contributed by atoms with van der Waals surface area (Å²) in [5, 5.41) is 7.67. The Morgan fingerprint density at radius 1 is 1.16 bits per heavy atom. The molecule has 6 heteroatoms. The predicted molar refractivity (Wildman–Crippen MR) is 100.0 cm³/mol.